The molecule has 21 heavy (non-hydrogen) atoms. The van der Waals surface area contributed by atoms with Gasteiger partial charge in [-0.15, -0.1) is 0 Å². The van der Waals surface area contributed by atoms with Crippen LogP contribution in [0.2, 0.25) is 0 Å². The minimum absolute atomic E-state index is 0.111. The Labute approximate surface area is 126 Å². The highest BCUT2D eigenvalue weighted by atomic mass is 16.7. The van der Waals surface area contributed by atoms with Gasteiger partial charge in [0.1, 0.15) is 0 Å². The molecule has 0 unspecified atom stereocenters. The zero-order valence-corrected chi connectivity index (χ0v) is 13.4. The molecule has 0 spiro atoms. The molecule has 112 valence electrons. The maximum atomic E-state index is 12.2. The molecule has 2 rings (SSSR count). The molecule has 1 aliphatic heterocycles. The lowest BCUT2D eigenvalue weighted by Crippen LogP contribution is -2.41. The monoisotopic (exact) mass is 287 g/mol. The predicted molar refractivity (Wildman–Crippen MR) is 87.6 cm³/mol. The lowest BCUT2D eigenvalue weighted by molar-refractivity contribution is 0.00578. The quantitative estimate of drug-likeness (QED) is 0.798. The van der Waals surface area contributed by atoms with E-state index < -0.39 is 18.3 Å². The third kappa shape index (κ3) is 2.41. The van der Waals surface area contributed by atoms with E-state index in [2.05, 4.69) is 13.2 Å². The Balaban J connectivity index is 2.61. The van der Waals surface area contributed by atoms with Crippen molar-refractivity contribution in [1.29, 1.82) is 0 Å². The summed E-state index contributed by atoms with van der Waals surface area (Å²) in [5.74, 6) is 0. The molecule has 1 fully saturated rings. The van der Waals surface area contributed by atoms with E-state index in [-0.39, 0.29) is 5.56 Å². The number of hydrogen-bond acceptors (Lipinski definition) is 3. The topological polar surface area (TPSA) is 40.5 Å². The van der Waals surface area contributed by atoms with Crippen LogP contribution in [0.5, 0.6) is 0 Å². The minimum Gasteiger partial charge on any atom is -0.399 e. The van der Waals surface area contributed by atoms with Crippen LogP contribution in [0.25, 0.3) is 12.2 Å². The van der Waals surface area contributed by atoms with Gasteiger partial charge in [-0.3, -0.25) is 4.79 Å². The van der Waals surface area contributed by atoms with Gasteiger partial charge in [0.25, 0.3) is 5.56 Å². The van der Waals surface area contributed by atoms with E-state index in [0.717, 1.165) is 5.46 Å². The number of aromatic nitrogens is 1. The summed E-state index contributed by atoms with van der Waals surface area (Å²) in [6, 6.07) is 0. The summed E-state index contributed by atoms with van der Waals surface area (Å²) in [5.41, 5.74) is 1.05. The third-order valence-corrected chi connectivity index (χ3v) is 4.40. The fourth-order valence-electron chi connectivity index (χ4n) is 2.38. The smallest absolute Gasteiger partial charge is 0.399 e. The molecule has 0 amide bonds. The first-order valence-corrected chi connectivity index (χ1v) is 6.98. The molecule has 0 aliphatic carbocycles. The van der Waals surface area contributed by atoms with Crippen molar-refractivity contribution in [3.8, 4) is 0 Å². The summed E-state index contributed by atoms with van der Waals surface area (Å²) in [6.07, 6.45) is 4.95. The minimum atomic E-state index is -0.534. The number of pyridine rings is 1. The van der Waals surface area contributed by atoms with Gasteiger partial charge in [0.2, 0.25) is 0 Å². The average Bonchev–Trinajstić information content (AvgIpc) is 2.60. The lowest BCUT2D eigenvalue weighted by Gasteiger charge is -2.32. The van der Waals surface area contributed by atoms with E-state index in [4.69, 9.17) is 9.31 Å². The zero-order valence-electron chi connectivity index (χ0n) is 13.4. The molecule has 4 nitrogen and oxygen atoms in total. The molecule has 0 saturated carbocycles. The summed E-state index contributed by atoms with van der Waals surface area (Å²) < 4.78 is 13.7. The van der Waals surface area contributed by atoms with Gasteiger partial charge in [-0.25, -0.2) is 0 Å². The highest BCUT2D eigenvalue weighted by Crippen LogP contribution is 2.36. The summed E-state index contributed by atoms with van der Waals surface area (Å²) in [4.78, 5) is 12.2. The van der Waals surface area contributed by atoms with Crippen molar-refractivity contribution in [2.75, 3.05) is 0 Å². The molecule has 0 bridgehead atoms. The van der Waals surface area contributed by atoms with Crippen molar-refractivity contribution in [3.05, 3.63) is 40.8 Å². The highest BCUT2D eigenvalue weighted by molar-refractivity contribution is 6.63. The number of nitrogens with zero attached hydrogens (tertiary/aromatic N) is 1. The van der Waals surface area contributed by atoms with Crippen LogP contribution >= 0.6 is 0 Å². The Hall–Kier alpha value is -1.59. The second kappa shape index (κ2) is 5.00. The van der Waals surface area contributed by atoms with Crippen molar-refractivity contribution in [1.82, 2.24) is 4.57 Å². The summed E-state index contributed by atoms with van der Waals surface area (Å²) in [7, 11) is 1.17. The molecule has 5 heteroatoms. The predicted octanol–water partition coefficient (Wildman–Crippen LogP) is 1.97. The van der Waals surface area contributed by atoms with Crippen molar-refractivity contribution in [2.45, 2.75) is 38.9 Å². The summed E-state index contributed by atoms with van der Waals surface area (Å²) in [6.45, 7) is 15.5. The molecular weight excluding hydrogens is 265 g/mol. The first kappa shape index (κ1) is 15.8. The standard InChI is InChI=1S/C16H22BNO3/c1-8-11-12(9-2)14(19)18(7)10-13(11)17-20-15(3,4)16(5,6)21-17/h8-10H,1-2H2,3-7H3. The second-order valence-electron chi connectivity index (χ2n) is 6.32. The number of rotatable bonds is 3. The van der Waals surface area contributed by atoms with Gasteiger partial charge in [0.15, 0.2) is 0 Å². The van der Waals surface area contributed by atoms with Gasteiger partial charge in [-0.2, -0.15) is 0 Å². The van der Waals surface area contributed by atoms with Crippen LogP contribution < -0.4 is 11.0 Å². The molecule has 1 saturated heterocycles. The van der Waals surface area contributed by atoms with Crippen LogP contribution in [-0.2, 0) is 16.4 Å². The van der Waals surface area contributed by atoms with Gasteiger partial charge in [0, 0.05) is 24.3 Å². The zero-order chi connectivity index (χ0) is 16.0. The van der Waals surface area contributed by atoms with Gasteiger partial charge in [-0.05, 0) is 33.3 Å². The van der Waals surface area contributed by atoms with E-state index in [9.17, 15) is 4.79 Å². The normalized spacial score (nSPS) is 19.6. The van der Waals surface area contributed by atoms with Gasteiger partial charge in [0.05, 0.1) is 11.2 Å². The first-order chi connectivity index (χ1) is 9.64. The van der Waals surface area contributed by atoms with Crippen molar-refractivity contribution < 1.29 is 9.31 Å². The van der Waals surface area contributed by atoms with Crippen LogP contribution in [0.4, 0.5) is 0 Å². The average molecular weight is 287 g/mol. The highest BCUT2D eigenvalue weighted by Gasteiger charge is 2.52. The van der Waals surface area contributed by atoms with Crippen LogP contribution in [0.15, 0.2) is 24.1 Å². The Bertz CT molecular complexity index is 642. The Kier molecular flexibility index (Phi) is 3.76. The van der Waals surface area contributed by atoms with Gasteiger partial charge >= 0.3 is 7.12 Å². The SMILES string of the molecule is C=Cc1c(B2OC(C)(C)C(C)(C)O2)cn(C)c(=O)c1C=C. The molecule has 2 heterocycles. The molecule has 0 N–H and O–H groups in total. The van der Waals surface area contributed by atoms with E-state index in [1.807, 2.05) is 27.7 Å². The first-order valence-electron chi connectivity index (χ1n) is 6.98. The Morgan fingerprint density at radius 2 is 1.57 bits per heavy atom. The van der Waals surface area contributed by atoms with Gasteiger partial charge in [-0.1, -0.05) is 25.3 Å². The molecular formula is C16H22BNO3. The molecule has 0 radical (unpaired) electrons. The molecule has 1 aromatic heterocycles. The third-order valence-electron chi connectivity index (χ3n) is 4.40. The largest absolute Gasteiger partial charge is 0.496 e. The molecule has 0 atom stereocenters. The fourth-order valence-corrected chi connectivity index (χ4v) is 2.38. The fraction of sp³-hybridized carbons (Fsp3) is 0.438. The van der Waals surface area contributed by atoms with E-state index in [1.165, 1.54) is 4.57 Å². The maximum absolute atomic E-state index is 12.2. The molecule has 0 aromatic carbocycles. The van der Waals surface area contributed by atoms with Crippen molar-refractivity contribution in [2.24, 2.45) is 7.05 Å². The van der Waals surface area contributed by atoms with Crippen LogP contribution in [0.1, 0.15) is 38.8 Å². The number of aryl methyl sites for hydroxylation is 1. The second-order valence-corrected chi connectivity index (χ2v) is 6.32. The summed E-state index contributed by atoms with van der Waals surface area (Å²) in [5, 5.41) is 0. The Morgan fingerprint density at radius 3 is 2.00 bits per heavy atom. The van der Waals surface area contributed by atoms with Crippen molar-refractivity contribution >= 4 is 24.7 Å². The van der Waals surface area contributed by atoms with Crippen LogP contribution in [-0.4, -0.2) is 22.9 Å². The van der Waals surface area contributed by atoms with Crippen LogP contribution in [0, 0.1) is 0 Å². The lowest BCUT2D eigenvalue weighted by atomic mass is 9.76. The van der Waals surface area contributed by atoms with E-state index in [1.54, 1.807) is 25.4 Å². The summed E-state index contributed by atoms with van der Waals surface area (Å²) >= 11 is 0. The molecule has 1 aromatic rings. The van der Waals surface area contributed by atoms with Crippen LogP contribution in [0.3, 0.4) is 0 Å². The maximum Gasteiger partial charge on any atom is 0.496 e. The van der Waals surface area contributed by atoms with E-state index >= 15 is 0 Å². The Morgan fingerprint density at radius 1 is 1.10 bits per heavy atom. The number of hydrogen-bond donors (Lipinski definition) is 0. The van der Waals surface area contributed by atoms with Gasteiger partial charge < -0.3 is 13.9 Å². The van der Waals surface area contributed by atoms with Crippen molar-refractivity contribution in [3.63, 3.8) is 0 Å². The van der Waals surface area contributed by atoms with E-state index in [0.29, 0.717) is 11.1 Å². The molecule has 1 aliphatic rings.